The van der Waals surface area contributed by atoms with E-state index in [1.807, 2.05) is 18.2 Å². The number of nitrogens with one attached hydrogen (secondary N) is 1. The van der Waals surface area contributed by atoms with Crippen molar-refractivity contribution in [3.05, 3.63) is 65.1 Å². The number of aromatic nitrogens is 1. The highest BCUT2D eigenvalue weighted by Gasteiger charge is 2.23. The van der Waals surface area contributed by atoms with Gasteiger partial charge < -0.3 is 24.5 Å². The van der Waals surface area contributed by atoms with E-state index < -0.39 is 5.97 Å². The summed E-state index contributed by atoms with van der Waals surface area (Å²) in [6, 6.07) is 11.7. The maximum atomic E-state index is 13.3. The SMILES string of the molecule is COc1ccc2c(CNC[C@H]3CCCO3)c(C(=O)O)n(Cc3ccc(F)cc3)c2c1. The molecule has 30 heavy (non-hydrogen) atoms. The second-order valence-electron chi connectivity index (χ2n) is 7.49. The molecule has 3 aromatic rings. The summed E-state index contributed by atoms with van der Waals surface area (Å²) < 4.78 is 26.1. The molecule has 0 saturated carbocycles. The molecule has 1 aromatic heterocycles. The topological polar surface area (TPSA) is 72.7 Å². The van der Waals surface area contributed by atoms with Crippen molar-refractivity contribution < 1.29 is 23.8 Å². The van der Waals surface area contributed by atoms with Gasteiger partial charge in [0.15, 0.2) is 0 Å². The van der Waals surface area contributed by atoms with Crippen LogP contribution in [0.4, 0.5) is 4.39 Å². The molecule has 0 radical (unpaired) electrons. The van der Waals surface area contributed by atoms with Gasteiger partial charge in [-0.1, -0.05) is 12.1 Å². The number of benzene rings is 2. The van der Waals surface area contributed by atoms with Gasteiger partial charge in [0.1, 0.15) is 17.3 Å². The summed E-state index contributed by atoms with van der Waals surface area (Å²) in [5.74, 6) is -0.674. The zero-order valence-electron chi connectivity index (χ0n) is 16.9. The number of fused-ring (bicyclic) bond motifs is 1. The number of ether oxygens (including phenoxy) is 2. The Morgan fingerprint density at radius 1 is 1.30 bits per heavy atom. The molecule has 6 nitrogen and oxygen atoms in total. The Kier molecular flexibility index (Phi) is 6.01. The molecule has 1 aliphatic heterocycles. The van der Waals surface area contributed by atoms with Gasteiger partial charge in [0.2, 0.25) is 0 Å². The van der Waals surface area contributed by atoms with Gasteiger partial charge in [0, 0.05) is 43.3 Å². The molecule has 0 amide bonds. The van der Waals surface area contributed by atoms with E-state index in [1.165, 1.54) is 12.1 Å². The number of carbonyl (C=O) groups is 1. The van der Waals surface area contributed by atoms with E-state index in [-0.39, 0.29) is 17.6 Å². The van der Waals surface area contributed by atoms with Gasteiger partial charge >= 0.3 is 5.97 Å². The highest BCUT2D eigenvalue weighted by molar-refractivity contribution is 5.98. The molecule has 2 N–H and O–H groups in total. The number of halogens is 1. The zero-order chi connectivity index (χ0) is 21.1. The highest BCUT2D eigenvalue weighted by atomic mass is 19.1. The lowest BCUT2D eigenvalue weighted by Gasteiger charge is -2.12. The van der Waals surface area contributed by atoms with Crippen molar-refractivity contribution >= 4 is 16.9 Å². The monoisotopic (exact) mass is 412 g/mol. The Hall–Kier alpha value is -2.90. The van der Waals surface area contributed by atoms with Crippen LogP contribution in [0.1, 0.15) is 34.5 Å². The average Bonchev–Trinajstić information content (AvgIpc) is 3.36. The zero-order valence-corrected chi connectivity index (χ0v) is 16.9. The lowest BCUT2D eigenvalue weighted by Crippen LogP contribution is -2.26. The maximum Gasteiger partial charge on any atom is 0.352 e. The fraction of sp³-hybridized carbons (Fsp3) is 0.348. The van der Waals surface area contributed by atoms with Gasteiger partial charge in [0.05, 0.1) is 18.7 Å². The molecule has 1 saturated heterocycles. The smallest absolute Gasteiger partial charge is 0.352 e. The molecule has 2 aromatic carbocycles. The van der Waals surface area contributed by atoms with Crippen LogP contribution < -0.4 is 10.1 Å². The van der Waals surface area contributed by atoms with Crippen LogP contribution >= 0.6 is 0 Å². The second kappa shape index (κ2) is 8.85. The van der Waals surface area contributed by atoms with E-state index in [0.29, 0.717) is 25.4 Å². The van der Waals surface area contributed by atoms with Crippen LogP contribution in [0.15, 0.2) is 42.5 Å². The molecule has 2 heterocycles. The number of carboxylic acid groups (broad SMARTS) is 1. The molecule has 158 valence electrons. The lowest BCUT2D eigenvalue weighted by atomic mass is 10.1. The largest absolute Gasteiger partial charge is 0.497 e. The third kappa shape index (κ3) is 4.17. The fourth-order valence-corrected chi connectivity index (χ4v) is 4.05. The minimum absolute atomic E-state index is 0.172. The van der Waals surface area contributed by atoms with Crippen molar-refractivity contribution in [2.75, 3.05) is 20.3 Å². The summed E-state index contributed by atoms with van der Waals surface area (Å²) in [6.07, 6.45) is 2.25. The molecule has 4 rings (SSSR count). The van der Waals surface area contributed by atoms with Crippen LogP contribution in [0.3, 0.4) is 0 Å². The predicted octanol–water partition coefficient (Wildman–Crippen LogP) is 3.80. The fourth-order valence-electron chi connectivity index (χ4n) is 4.05. The van der Waals surface area contributed by atoms with E-state index in [4.69, 9.17) is 9.47 Å². The molecule has 0 bridgehead atoms. The van der Waals surface area contributed by atoms with Gasteiger partial charge in [-0.3, -0.25) is 0 Å². The van der Waals surface area contributed by atoms with E-state index >= 15 is 0 Å². The molecule has 0 unspecified atom stereocenters. The van der Waals surface area contributed by atoms with Crippen molar-refractivity contribution in [1.29, 1.82) is 0 Å². The summed E-state index contributed by atoms with van der Waals surface area (Å²) in [7, 11) is 1.58. The Balaban J connectivity index is 1.73. The van der Waals surface area contributed by atoms with Gasteiger partial charge in [-0.2, -0.15) is 0 Å². The van der Waals surface area contributed by atoms with Crippen molar-refractivity contribution in [2.24, 2.45) is 0 Å². The molecule has 0 spiro atoms. The predicted molar refractivity (Wildman–Crippen MR) is 112 cm³/mol. The first kappa shape index (κ1) is 20.4. The van der Waals surface area contributed by atoms with E-state index in [2.05, 4.69) is 5.32 Å². The number of hydrogen-bond donors (Lipinski definition) is 2. The maximum absolute atomic E-state index is 13.3. The van der Waals surface area contributed by atoms with Gasteiger partial charge in [0.25, 0.3) is 0 Å². The number of rotatable bonds is 8. The second-order valence-corrected chi connectivity index (χ2v) is 7.49. The van der Waals surface area contributed by atoms with Crippen LogP contribution in [0.25, 0.3) is 10.9 Å². The van der Waals surface area contributed by atoms with E-state index in [0.717, 1.165) is 41.5 Å². The third-order valence-electron chi connectivity index (χ3n) is 5.53. The number of hydrogen-bond acceptors (Lipinski definition) is 4. The Morgan fingerprint density at radius 3 is 2.77 bits per heavy atom. The van der Waals surface area contributed by atoms with E-state index in [9.17, 15) is 14.3 Å². The molecule has 1 fully saturated rings. The quantitative estimate of drug-likeness (QED) is 0.589. The summed E-state index contributed by atoms with van der Waals surface area (Å²) in [4.78, 5) is 12.3. The first-order valence-corrected chi connectivity index (χ1v) is 10.1. The van der Waals surface area contributed by atoms with Crippen LogP contribution in [0.5, 0.6) is 5.75 Å². The molecule has 0 aliphatic carbocycles. The first-order valence-electron chi connectivity index (χ1n) is 10.1. The molecular weight excluding hydrogens is 387 g/mol. The number of nitrogens with zero attached hydrogens (tertiary/aromatic N) is 1. The van der Waals surface area contributed by atoms with Crippen molar-refractivity contribution in [1.82, 2.24) is 9.88 Å². The number of aromatic carboxylic acids is 1. The molecular formula is C23H25FN2O4. The first-order chi connectivity index (χ1) is 14.6. The highest BCUT2D eigenvalue weighted by Crippen LogP contribution is 2.31. The van der Waals surface area contributed by atoms with E-state index in [1.54, 1.807) is 23.8 Å². The standard InChI is InChI=1S/C23H25FN2O4/c1-29-17-8-9-19-20(13-25-12-18-3-2-10-30-18)22(23(27)28)26(21(19)11-17)14-15-4-6-16(24)7-5-15/h4-9,11,18,25H,2-3,10,12-14H2,1H3,(H,27,28)/t18-/m1/s1. The number of methoxy groups -OCH3 is 1. The Morgan fingerprint density at radius 2 is 2.10 bits per heavy atom. The van der Waals surface area contributed by atoms with Crippen LogP contribution in [0.2, 0.25) is 0 Å². The Bertz CT molecular complexity index is 1040. The molecule has 1 atom stereocenters. The van der Waals surface area contributed by atoms with Gasteiger partial charge in [-0.25, -0.2) is 9.18 Å². The van der Waals surface area contributed by atoms with Crippen molar-refractivity contribution in [3.63, 3.8) is 0 Å². The summed E-state index contributed by atoms with van der Waals surface area (Å²) in [5, 5.41) is 14.3. The Labute approximate surface area is 174 Å². The summed E-state index contributed by atoms with van der Waals surface area (Å²) >= 11 is 0. The van der Waals surface area contributed by atoms with Crippen LogP contribution in [-0.2, 0) is 17.8 Å². The van der Waals surface area contributed by atoms with Crippen LogP contribution in [0, 0.1) is 5.82 Å². The molecule has 7 heteroatoms. The van der Waals surface area contributed by atoms with Crippen molar-refractivity contribution in [2.45, 2.75) is 32.0 Å². The summed E-state index contributed by atoms with van der Waals surface area (Å²) in [5.41, 5.74) is 2.53. The minimum Gasteiger partial charge on any atom is -0.497 e. The van der Waals surface area contributed by atoms with Crippen LogP contribution in [-0.4, -0.2) is 42.0 Å². The minimum atomic E-state index is -0.999. The average molecular weight is 412 g/mol. The van der Waals surface area contributed by atoms with Gasteiger partial charge in [-0.15, -0.1) is 0 Å². The normalized spacial score (nSPS) is 16.3. The lowest BCUT2D eigenvalue weighted by molar-refractivity contribution is 0.0684. The number of carboxylic acids is 1. The van der Waals surface area contributed by atoms with Gasteiger partial charge in [-0.05, 0) is 42.7 Å². The third-order valence-corrected chi connectivity index (χ3v) is 5.53. The summed E-state index contributed by atoms with van der Waals surface area (Å²) in [6.45, 7) is 2.20. The molecule has 1 aliphatic rings. The van der Waals surface area contributed by atoms with Crippen molar-refractivity contribution in [3.8, 4) is 5.75 Å².